The number of hydrogen-bond acceptors (Lipinski definition) is 8. The van der Waals surface area contributed by atoms with E-state index in [1.54, 1.807) is 33.5 Å². The topological polar surface area (TPSA) is 118 Å². The Morgan fingerprint density at radius 1 is 1.05 bits per heavy atom. The van der Waals surface area contributed by atoms with Crippen LogP contribution in [0.5, 0.6) is 17.2 Å². The van der Waals surface area contributed by atoms with Gasteiger partial charge in [-0.25, -0.2) is 0 Å². The van der Waals surface area contributed by atoms with Gasteiger partial charge >= 0.3 is 0 Å². The monoisotopic (exact) mass is 582 g/mol. The Hall–Kier alpha value is -3.79. The number of fused-ring (bicyclic) bond motifs is 3. The lowest BCUT2D eigenvalue weighted by atomic mass is 9.95. The predicted molar refractivity (Wildman–Crippen MR) is 166 cm³/mol. The van der Waals surface area contributed by atoms with E-state index in [1.165, 1.54) is 6.92 Å². The number of carbonyl (C=O) groups is 2. The average Bonchev–Trinajstić information content (AvgIpc) is 3.17. The summed E-state index contributed by atoms with van der Waals surface area (Å²) in [5.74, 6) is 1.35. The number of carbonyl (C=O) groups excluding carboxylic acids is 2. The first kappa shape index (κ1) is 32.7. The maximum absolute atomic E-state index is 13.7. The van der Waals surface area contributed by atoms with Gasteiger partial charge in [0.25, 0.3) is 0 Å². The fourth-order valence-electron chi connectivity index (χ4n) is 5.45. The summed E-state index contributed by atoms with van der Waals surface area (Å²) in [7, 11) is 8.68. The molecule has 0 unspecified atom stereocenters. The molecular formula is C32H46N4O6. The number of benzene rings is 1. The zero-order valence-electron chi connectivity index (χ0n) is 26.2. The summed E-state index contributed by atoms with van der Waals surface area (Å²) in [5, 5.41) is 9.27. The molecular weight excluding hydrogens is 536 g/mol. The molecule has 1 aliphatic rings. The summed E-state index contributed by atoms with van der Waals surface area (Å²) in [5.41, 5.74) is 3.15. The fraction of sp³-hybridized carbons (Fsp3) is 0.531. The first-order chi connectivity index (χ1) is 20.0. The summed E-state index contributed by atoms with van der Waals surface area (Å²) < 4.78 is 17.1. The Balaban J connectivity index is 2.13. The van der Waals surface area contributed by atoms with Gasteiger partial charge in [-0.05, 0) is 87.1 Å². The Kier molecular flexibility index (Phi) is 11.6. The molecule has 3 N–H and O–H groups in total. The van der Waals surface area contributed by atoms with Crippen LogP contribution in [0.1, 0.15) is 57.2 Å². The third-order valence-electron chi connectivity index (χ3n) is 7.35. The number of rotatable bonds is 13. The van der Waals surface area contributed by atoms with Crippen LogP contribution >= 0.6 is 0 Å². The average molecular weight is 583 g/mol. The second-order valence-corrected chi connectivity index (χ2v) is 11.4. The highest BCUT2D eigenvalue weighted by atomic mass is 16.5. The summed E-state index contributed by atoms with van der Waals surface area (Å²) >= 11 is 0. The Morgan fingerprint density at radius 3 is 2.36 bits per heavy atom. The fourth-order valence-corrected chi connectivity index (χ4v) is 5.45. The van der Waals surface area contributed by atoms with Crippen molar-refractivity contribution in [1.29, 1.82) is 0 Å². The SMILES string of the molecule is COc1cc2c(c(OC)c1OC)-c1ccc(N[C@@H](CC(C)C)C(=O)NCCCN(C)C)c(=O)cc1[C@@H](NC(C)=O)CC2. The van der Waals surface area contributed by atoms with Crippen LogP contribution in [0.3, 0.4) is 0 Å². The zero-order chi connectivity index (χ0) is 31.0. The quantitative estimate of drug-likeness (QED) is 0.306. The van der Waals surface area contributed by atoms with E-state index < -0.39 is 12.1 Å². The van der Waals surface area contributed by atoms with Crippen LogP contribution in [-0.2, 0) is 16.0 Å². The first-order valence-corrected chi connectivity index (χ1v) is 14.5. The van der Waals surface area contributed by atoms with Crippen LogP contribution in [0.2, 0.25) is 0 Å². The molecule has 0 aromatic heterocycles. The van der Waals surface area contributed by atoms with Crippen LogP contribution in [-0.4, -0.2) is 71.3 Å². The van der Waals surface area contributed by atoms with Gasteiger partial charge in [0.05, 0.1) is 33.1 Å². The van der Waals surface area contributed by atoms with Gasteiger partial charge in [-0.2, -0.15) is 0 Å². The molecule has 2 aromatic carbocycles. The summed E-state index contributed by atoms with van der Waals surface area (Å²) in [6, 6.07) is 6.05. The molecule has 10 heteroatoms. The highest BCUT2D eigenvalue weighted by Gasteiger charge is 2.30. The molecule has 0 radical (unpaired) electrons. The molecule has 0 aliphatic heterocycles. The molecule has 1 aliphatic carbocycles. The smallest absolute Gasteiger partial charge is 0.242 e. The molecule has 2 atom stereocenters. The van der Waals surface area contributed by atoms with Gasteiger partial charge < -0.3 is 35.1 Å². The molecule has 2 aromatic rings. The minimum absolute atomic E-state index is 0.144. The van der Waals surface area contributed by atoms with Crippen molar-refractivity contribution in [2.75, 3.05) is 53.8 Å². The summed E-state index contributed by atoms with van der Waals surface area (Å²) in [6.07, 6.45) is 2.56. The van der Waals surface area contributed by atoms with E-state index in [0.717, 1.165) is 29.7 Å². The number of aryl methyl sites for hydroxylation is 1. The minimum Gasteiger partial charge on any atom is -0.493 e. The number of ether oxygens (including phenoxy) is 3. The maximum Gasteiger partial charge on any atom is 0.242 e. The highest BCUT2D eigenvalue weighted by Crippen LogP contribution is 2.50. The van der Waals surface area contributed by atoms with Gasteiger partial charge in [-0.3, -0.25) is 14.4 Å². The normalized spacial score (nSPS) is 14.8. The number of nitrogens with zero attached hydrogens (tertiary/aromatic N) is 1. The van der Waals surface area contributed by atoms with Crippen molar-refractivity contribution in [3.63, 3.8) is 0 Å². The molecule has 2 amide bonds. The van der Waals surface area contributed by atoms with Crippen molar-refractivity contribution in [1.82, 2.24) is 15.5 Å². The lowest BCUT2D eigenvalue weighted by Gasteiger charge is -2.21. The number of anilines is 1. The molecule has 0 bridgehead atoms. The van der Waals surface area contributed by atoms with Gasteiger partial charge in [0.2, 0.25) is 23.0 Å². The van der Waals surface area contributed by atoms with E-state index in [4.69, 9.17) is 14.2 Å². The van der Waals surface area contributed by atoms with E-state index in [-0.39, 0.29) is 23.2 Å². The largest absolute Gasteiger partial charge is 0.493 e. The van der Waals surface area contributed by atoms with Gasteiger partial charge in [-0.1, -0.05) is 19.9 Å². The van der Waals surface area contributed by atoms with Crippen LogP contribution < -0.4 is 35.6 Å². The van der Waals surface area contributed by atoms with Crippen molar-refractivity contribution in [2.24, 2.45) is 5.92 Å². The van der Waals surface area contributed by atoms with E-state index in [2.05, 4.69) is 20.9 Å². The van der Waals surface area contributed by atoms with Crippen LogP contribution in [0.25, 0.3) is 11.1 Å². The van der Waals surface area contributed by atoms with E-state index in [0.29, 0.717) is 54.3 Å². The molecule has 42 heavy (non-hydrogen) atoms. The molecule has 3 rings (SSSR count). The standard InChI is InChI=1S/C32H46N4O6/c1-19(2)16-26(32(39)33-14-9-15-36(4)5)35-25-13-11-22-23(18-27(25)38)24(34-20(3)37)12-10-21-17-28(40-6)30(41-7)31(42-8)29(21)22/h11,13,17-19,24,26H,9-10,12,14-16H2,1-8H3,(H,33,39)(H,34,37)(H,35,38)/t24-,26-/m0/s1. The molecule has 0 saturated heterocycles. The lowest BCUT2D eigenvalue weighted by Crippen LogP contribution is -2.42. The van der Waals surface area contributed by atoms with Crippen LogP contribution in [0.4, 0.5) is 5.69 Å². The van der Waals surface area contributed by atoms with Crippen molar-refractivity contribution < 1.29 is 23.8 Å². The molecule has 0 spiro atoms. The number of amides is 2. The van der Waals surface area contributed by atoms with Gasteiger partial charge in [0, 0.05) is 19.0 Å². The zero-order valence-corrected chi connectivity index (χ0v) is 26.2. The predicted octanol–water partition coefficient (Wildman–Crippen LogP) is 3.76. The van der Waals surface area contributed by atoms with Crippen molar-refractivity contribution in [2.45, 2.75) is 58.5 Å². The van der Waals surface area contributed by atoms with Crippen LogP contribution in [0, 0.1) is 5.92 Å². The molecule has 0 fully saturated rings. The van der Waals surface area contributed by atoms with Crippen molar-refractivity contribution >= 4 is 17.5 Å². The number of hydrogen-bond donors (Lipinski definition) is 3. The van der Waals surface area contributed by atoms with Crippen LogP contribution in [0.15, 0.2) is 29.1 Å². The minimum atomic E-state index is -0.586. The Morgan fingerprint density at radius 2 is 1.76 bits per heavy atom. The summed E-state index contributed by atoms with van der Waals surface area (Å²) in [6.45, 7) is 6.97. The molecule has 10 nitrogen and oxygen atoms in total. The molecule has 230 valence electrons. The van der Waals surface area contributed by atoms with Crippen molar-refractivity contribution in [3.05, 3.63) is 45.6 Å². The van der Waals surface area contributed by atoms with E-state index in [9.17, 15) is 14.4 Å². The summed E-state index contributed by atoms with van der Waals surface area (Å²) in [4.78, 5) is 41.2. The third-order valence-corrected chi connectivity index (χ3v) is 7.35. The number of methoxy groups -OCH3 is 3. The Bertz CT molecular complexity index is 1330. The van der Waals surface area contributed by atoms with Gasteiger partial charge in [-0.15, -0.1) is 0 Å². The molecule has 0 heterocycles. The lowest BCUT2D eigenvalue weighted by molar-refractivity contribution is -0.122. The second-order valence-electron chi connectivity index (χ2n) is 11.4. The van der Waals surface area contributed by atoms with E-state index in [1.807, 2.05) is 40.1 Å². The maximum atomic E-state index is 13.7. The third kappa shape index (κ3) is 7.94. The van der Waals surface area contributed by atoms with Gasteiger partial charge in [0.1, 0.15) is 6.04 Å². The Labute approximate surface area is 249 Å². The van der Waals surface area contributed by atoms with Gasteiger partial charge in [0.15, 0.2) is 11.5 Å². The second kappa shape index (κ2) is 14.9. The molecule has 0 saturated carbocycles. The number of nitrogens with one attached hydrogen (secondary N) is 3. The highest BCUT2D eigenvalue weighted by molar-refractivity contribution is 5.86. The van der Waals surface area contributed by atoms with Crippen molar-refractivity contribution in [3.8, 4) is 28.4 Å². The van der Waals surface area contributed by atoms with E-state index >= 15 is 0 Å². The first-order valence-electron chi connectivity index (χ1n) is 14.5.